The van der Waals surface area contributed by atoms with E-state index in [0.29, 0.717) is 29.6 Å². The van der Waals surface area contributed by atoms with Gasteiger partial charge < -0.3 is 0 Å². The molecule has 0 aromatic carbocycles. The summed E-state index contributed by atoms with van der Waals surface area (Å²) in [5, 5.41) is 8.34. The van der Waals surface area contributed by atoms with Gasteiger partial charge in [-0.05, 0) is 12.8 Å². The maximum atomic E-state index is 12.0. The maximum Gasteiger partial charge on any atom is 0.273 e. The first kappa shape index (κ1) is 12.2. The number of carbonyl (C=O) groups excluding carboxylic acids is 2. The number of carbonyl (C=O) groups is 2. The summed E-state index contributed by atoms with van der Waals surface area (Å²) in [6.45, 7) is 0. The van der Waals surface area contributed by atoms with Gasteiger partial charge in [-0.25, -0.2) is 9.99 Å². The van der Waals surface area contributed by atoms with E-state index in [0.717, 1.165) is 18.7 Å². The van der Waals surface area contributed by atoms with Crippen LogP contribution >= 0.6 is 11.5 Å². The molecule has 19 heavy (non-hydrogen) atoms. The molecule has 0 saturated heterocycles. The minimum Gasteiger partial charge on any atom is -0.295 e. The van der Waals surface area contributed by atoms with Crippen LogP contribution in [0.15, 0.2) is 5.10 Å². The average molecular weight is 279 g/mol. The van der Waals surface area contributed by atoms with Gasteiger partial charge in [-0.3, -0.25) is 14.9 Å². The lowest BCUT2D eigenvalue weighted by Crippen LogP contribution is -2.34. The summed E-state index contributed by atoms with van der Waals surface area (Å²) in [6, 6.07) is 0. The number of nitrogens with zero attached hydrogens (tertiary/aromatic N) is 4. The molecule has 1 saturated carbocycles. The summed E-state index contributed by atoms with van der Waals surface area (Å²) in [7, 11) is 1.55. The molecule has 1 aromatic rings. The Morgan fingerprint density at radius 2 is 2.21 bits per heavy atom. The fraction of sp³-hybridized carbons (Fsp3) is 0.545. The molecule has 3 rings (SSSR count). The fourth-order valence-corrected chi connectivity index (χ4v) is 2.44. The lowest BCUT2D eigenvalue weighted by Gasteiger charge is -2.18. The third kappa shape index (κ3) is 2.62. The van der Waals surface area contributed by atoms with Crippen molar-refractivity contribution >= 4 is 34.2 Å². The Bertz CT molecular complexity index is 563. The van der Waals surface area contributed by atoms with Gasteiger partial charge in [-0.2, -0.15) is 9.47 Å². The second-order valence-corrected chi connectivity index (χ2v) is 5.40. The molecule has 0 atom stereocenters. The number of hydrogen-bond acceptors (Lipinski definition) is 6. The van der Waals surface area contributed by atoms with E-state index >= 15 is 0 Å². The minimum absolute atomic E-state index is 0.0801. The zero-order valence-corrected chi connectivity index (χ0v) is 11.2. The van der Waals surface area contributed by atoms with Crippen molar-refractivity contribution in [2.75, 3.05) is 12.4 Å². The van der Waals surface area contributed by atoms with Crippen molar-refractivity contribution in [2.45, 2.75) is 31.6 Å². The Balaban J connectivity index is 1.67. The summed E-state index contributed by atoms with van der Waals surface area (Å²) in [4.78, 5) is 27.5. The van der Waals surface area contributed by atoms with E-state index in [1.54, 1.807) is 7.05 Å². The highest BCUT2D eigenvalue weighted by atomic mass is 32.1. The Labute approximate surface area is 113 Å². The molecule has 0 bridgehead atoms. The summed E-state index contributed by atoms with van der Waals surface area (Å²) >= 11 is 1.18. The second kappa shape index (κ2) is 4.69. The molecular formula is C11H13N5O2S. The largest absolute Gasteiger partial charge is 0.295 e. The van der Waals surface area contributed by atoms with Crippen LogP contribution in [0.4, 0.5) is 5.13 Å². The van der Waals surface area contributed by atoms with E-state index in [-0.39, 0.29) is 11.8 Å². The monoisotopic (exact) mass is 279 g/mol. The van der Waals surface area contributed by atoms with Crippen molar-refractivity contribution in [3.8, 4) is 0 Å². The lowest BCUT2D eigenvalue weighted by atomic mass is 10.1. The van der Waals surface area contributed by atoms with Crippen molar-refractivity contribution in [2.24, 2.45) is 5.10 Å². The number of rotatable bonds is 3. The number of amides is 2. The third-order valence-electron chi connectivity index (χ3n) is 3.07. The van der Waals surface area contributed by atoms with E-state index in [1.807, 2.05) is 0 Å². The highest BCUT2D eigenvalue weighted by Gasteiger charge is 2.28. The van der Waals surface area contributed by atoms with Crippen molar-refractivity contribution in [3.05, 3.63) is 5.82 Å². The zero-order valence-electron chi connectivity index (χ0n) is 10.4. The summed E-state index contributed by atoms with van der Waals surface area (Å²) in [5.74, 6) is 0.900. The van der Waals surface area contributed by atoms with Gasteiger partial charge in [0.05, 0.1) is 0 Å². The topological polar surface area (TPSA) is 87.6 Å². The highest BCUT2D eigenvalue weighted by Crippen LogP contribution is 2.39. The number of aromatic nitrogens is 2. The van der Waals surface area contributed by atoms with Crippen LogP contribution in [0.5, 0.6) is 0 Å². The maximum absolute atomic E-state index is 12.0. The summed E-state index contributed by atoms with van der Waals surface area (Å²) in [5.41, 5.74) is 0.352. The quantitative estimate of drug-likeness (QED) is 0.892. The van der Waals surface area contributed by atoms with Crippen LogP contribution in [0.1, 0.15) is 37.4 Å². The molecule has 1 aliphatic carbocycles. The molecule has 0 radical (unpaired) electrons. The van der Waals surface area contributed by atoms with E-state index in [9.17, 15) is 9.59 Å². The van der Waals surface area contributed by atoms with Crippen LogP contribution in [-0.2, 0) is 9.59 Å². The number of hydrazone groups is 1. The number of hydrogen-bond donors (Lipinski definition) is 1. The minimum atomic E-state index is -0.308. The lowest BCUT2D eigenvalue weighted by molar-refractivity contribution is -0.130. The van der Waals surface area contributed by atoms with Crippen molar-refractivity contribution in [3.63, 3.8) is 0 Å². The Morgan fingerprint density at radius 3 is 2.89 bits per heavy atom. The van der Waals surface area contributed by atoms with E-state index in [4.69, 9.17) is 0 Å². The first-order chi connectivity index (χ1) is 9.13. The number of anilines is 1. The molecule has 2 aliphatic rings. The summed E-state index contributed by atoms with van der Waals surface area (Å²) < 4.78 is 4.21. The van der Waals surface area contributed by atoms with Crippen LogP contribution in [0.2, 0.25) is 0 Å². The molecule has 2 heterocycles. The fourth-order valence-electron chi connectivity index (χ4n) is 1.80. The first-order valence-corrected chi connectivity index (χ1v) is 6.90. The van der Waals surface area contributed by atoms with Crippen molar-refractivity contribution in [1.82, 2.24) is 14.4 Å². The molecule has 7 nitrogen and oxygen atoms in total. The van der Waals surface area contributed by atoms with Crippen LogP contribution in [0, 0.1) is 0 Å². The molecule has 0 spiro atoms. The summed E-state index contributed by atoms with van der Waals surface area (Å²) in [6.07, 6.45) is 2.93. The van der Waals surface area contributed by atoms with Gasteiger partial charge in [0.25, 0.3) is 5.91 Å². The molecular weight excluding hydrogens is 266 g/mol. The van der Waals surface area contributed by atoms with Gasteiger partial charge in [0.15, 0.2) is 0 Å². The molecule has 0 unspecified atom stereocenters. The van der Waals surface area contributed by atoms with Crippen LogP contribution in [-0.4, -0.2) is 38.9 Å². The Hall–Kier alpha value is -1.83. The molecule has 1 fully saturated rings. The zero-order chi connectivity index (χ0) is 13.4. The molecule has 1 aromatic heterocycles. The standard InChI is InChI=1S/C11H13N5O2S/c1-16-8(17)5-4-7(14-16)10(18)13-11-12-9(15-19-11)6-2-3-6/h6H,2-5H2,1H3,(H,12,13,15,18). The normalized spacial score (nSPS) is 19.3. The van der Waals surface area contributed by atoms with Gasteiger partial charge >= 0.3 is 0 Å². The molecule has 1 aliphatic heterocycles. The smallest absolute Gasteiger partial charge is 0.273 e. The molecule has 2 amide bonds. The predicted molar refractivity (Wildman–Crippen MR) is 70.0 cm³/mol. The van der Waals surface area contributed by atoms with Gasteiger partial charge in [-0.15, -0.1) is 0 Å². The third-order valence-corrected chi connectivity index (χ3v) is 3.72. The highest BCUT2D eigenvalue weighted by molar-refractivity contribution is 7.10. The molecule has 1 N–H and O–H groups in total. The van der Waals surface area contributed by atoms with Gasteiger partial charge in [0.2, 0.25) is 11.0 Å². The number of nitrogens with one attached hydrogen (secondary N) is 1. The average Bonchev–Trinajstić information content (AvgIpc) is 3.14. The van der Waals surface area contributed by atoms with Gasteiger partial charge in [0, 0.05) is 37.3 Å². The van der Waals surface area contributed by atoms with E-state index in [2.05, 4.69) is 19.8 Å². The van der Waals surface area contributed by atoms with E-state index in [1.165, 1.54) is 16.5 Å². The van der Waals surface area contributed by atoms with Crippen molar-refractivity contribution in [1.29, 1.82) is 0 Å². The van der Waals surface area contributed by atoms with Gasteiger partial charge in [-0.1, -0.05) is 0 Å². The first-order valence-electron chi connectivity index (χ1n) is 6.12. The van der Waals surface area contributed by atoms with Crippen LogP contribution < -0.4 is 5.32 Å². The predicted octanol–water partition coefficient (Wildman–Crippen LogP) is 0.962. The Morgan fingerprint density at radius 1 is 1.42 bits per heavy atom. The van der Waals surface area contributed by atoms with Crippen LogP contribution in [0.3, 0.4) is 0 Å². The van der Waals surface area contributed by atoms with Crippen molar-refractivity contribution < 1.29 is 9.59 Å². The molecule has 8 heteroatoms. The Kier molecular flexibility index (Phi) is 3.02. The van der Waals surface area contributed by atoms with Gasteiger partial charge in [0.1, 0.15) is 11.5 Å². The SMILES string of the molecule is CN1N=C(C(=O)Nc2nc(C3CC3)ns2)CCC1=O. The van der Waals surface area contributed by atoms with E-state index < -0.39 is 0 Å². The molecule has 100 valence electrons. The van der Waals surface area contributed by atoms with Crippen LogP contribution in [0.25, 0.3) is 0 Å². The second-order valence-electron chi connectivity index (χ2n) is 4.65.